The van der Waals surface area contributed by atoms with Crippen LogP contribution in [0.1, 0.15) is 50.4 Å². The Morgan fingerprint density at radius 3 is 2.64 bits per heavy atom. The summed E-state index contributed by atoms with van der Waals surface area (Å²) >= 11 is 0. The van der Waals surface area contributed by atoms with E-state index < -0.39 is 11.9 Å². The summed E-state index contributed by atoms with van der Waals surface area (Å²) in [6, 6.07) is 6.90. The smallest absolute Gasteiger partial charge is 0.325 e. The number of carbonyl (C=O) groups excluding carboxylic acids is 3. The SMILES string of the molecule is CCOc1ccccc1C(=O)NCC(=O)OCC(=O)N[C@H]1CCC[C@H](C)[C@@H]1C. The van der Waals surface area contributed by atoms with E-state index in [2.05, 4.69) is 24.5 Å². The van der Waals surface area contributed by atoms with Crippen LogP contribution in [0.2, 0.25) is 0 Å². The lowest BCUT2D eigenvalue weighted by atomic mass is 9.78. The summed E-state index contributed by atoms with van der Waals surface area (Å²) in [5.41, 5.74) is 0.343. The molecule has 0 bridgehead atoms. The molecule has 2 N–H and O–H groups in total. The number of nitrogens with one attached hydrogen (secondary N) is 2. The molecule has 0 aromatic heterocycles. The molecule has 0 unspecified atom stereocenters. The first kappa shape index (κ1) is 21.7. The highest BCUT2D eigenvalue weighted by atomic mass is 16.5. The van der Waals surface area contributed by atoms with Crippen LogP contribution in [0.25, 0.3) is 0 Å². The monoisotopic (exact) mass is 390 g/mol. The van der Waals surface area contributed by atoms with Gasteiger partial charge in [-0.25, -0.2) is 0 Å². The molecule has 3 atom stereocenters. The molecule has 2 rings (SSSR count). The van der Waals surface area contributed by atoms with Crippen molar-refractivity contribution in [1.29, 1.82) is 0 Å². The lowest BCUT2D eigenvalue weighted by Crippen LogP contribution is -2.45. The molecule has 1 aliphatic carbocycles. The van der Waals surface area contributed by atoms with Gasteiger partial charge in [0.25, 0.3) is 11.8 Å². The molecule has 1 fully saturated rings. The van der Waals surface area contributed by atoms with Gasteiger partial charge in [0.1, 0.15) is 12.3 Å². The molecule has 7 nitrogen and oxygen atoms in total. The van der Waals surface area contributed by atoms with Gasteiger partial charge in [-0.1, -0.05) is 38.8 Å². The predicted molar refractivity (Wildman–Crippen MR) is 105 cm³/mol. The normalized spacial score (nSPS) is 21.5. The Kier molecular flexibility index (Phi) is 8.29. The molecule has 0 radical (unpaired) electrons. The maximum atomic E-state index is 12.2. The van der Waals surface area contributed by atoms with E-state index in [1.807, 2.05) is 6.92 Å². The minimum atomic E-state index is -0.664. The third kappa shape index (κ3) is 6.25. The third-order valence-corrected chi connectivity index (χ3v) is 5.24. The van der Waals surface area contributed by atoms with Gasteiger partial charge >= 0.3 is 5.97 Å². The summed E-state index contributed by atoms with van der Waals surface area (Å²) in [5.74, 6) is 0.00536. The molecule has 2 amide bonds. The Morgan fingerprint density at radius 2 is 1.89 bits per heavy atom. The Balaban J connectivity index is 1.74. The minimum absolute atomic E-state index is 0.115. The van der Waals surface area contributed by atoms with Gasteiger partial charge in [-0.15, -0.1) is 0 Å². The third-order valence-electron chi connectivity index (χ3n) is 5.24. The molecule has 154 valence electrons. The topological polar surface area (TPSA) is 93.7 Å². The van der Waals surface area contributed by atoms with Gasteiger partial charge in [0.2, 0.25) is 0 Å². The van der Waals surface area contributed by atoms with Gasteiger partial charge in [0.05, 0.1) is 12.2 Å². The second-order valence-corrected chi connectivity index (χ2v) is 7.21. The standard InChI is InChI=1S/C21H30N2O5/c1-4-27-18-11-6-5-9-16(18)21(26)22-12-20(25)28-13-19(24)23-17-10-7-8-14(2)15(17)3/h5-6,9,11,14-15,17H,4,7-8,10,12-13H2,1-3H3,(H,22,26)(H,23,24)/t14-,15-,17-/m0/s1. The van der Waals surface area contributed by atoms with Crippen LogP contribution in [0.3, 0.4) is 0 Å². The van der Waals surface area contributed by atoms with Crippen molar-refractivity contribution in [2.45, 2.75) is 46.1 Å². The first-order chi connectivity index (χ1) is 13.4. The maximum absolute atomic E-state index is 12.2. The molecule has 0 aliphatic heterocycles. The lowest BCUT2D eigenvalue weighted by molar-refractivity contribution is -0.147. The zero-order chi connectivity index (χ0) is 20.5. The van der Waals surface area contributed by atoms with Crippen molar-refractivity contribution in [3.63, 3.8) is 0 Å². The van der Waals surface area contributed by atoms with E-state index in [1.54, 1.807) is 24.3 Å². The number of rotatable bonds is 8. The maximum Gasteiger partial charge on any atom is 0.325 e. The van der Waals surface area contributed by atoms with Crippen LogP contribution in [0, 0.1) is 11.8 Å². The fraction of sp³-hybridized carbons (Fsp3) is 0.571. The van der Waals surface area contributed by atoms with E-state index in [-0.39, 0.29) is 25.1 Å². The molecular weight excluding hydrogens is 360 g/mol. The molecule has 1 aliphatic rings. The van der Waals surface area contributed by atoms with Crippen molar-refractivity contribution < 1.29 is 23.9 Å². The number of benzene rings is 1. The first-order valence-corrected chi connectivity index (χ1v) is 9.87. The van der Waals surface area contributed by atoms with Gasteiger partial charge in [-0.05, 0) is 37.3 Å². The molecule has 1 saturated carbocycles. The van der Waals surface area contributed by atoms with Gasteiger partial charge in [0.15, 0.2) is 6.61 Å². The van der Waals surface area contributed by atoms with Crippen LogP contribution in [0.15, 0.2) is 24.3 Å². The molecule has 0 heterocycles. The van der Waals surface area contributed by atoms with Crippen molar-refractivity contribution in [3.05, 3.63) is 29.8 Å². The minimum Gasteiger partial charge on any atom is -0.493 e. The fourth-order valence-electron chi connectivity index (χ4n) is 3.41. The average Bonchev–Trinajstić information content (AvgIpc) is 2.68. The highest BCUT2D eigenvalue weighted by molar-refractivity contribution is 5.98. The molecular formula is C21H30N2O5. The number of ether oxygens (including phenoxy) is 2. The summed E-state index contributed by atoms with van der Waals surface area (Å²) < 4.78 is 10.4. The van der Waals surface area contributed by atoms with Crippen molar-refractivity contribution >= 4 is 17.8 Å². The Bertz CT molecular complexity index is 691. The summed E-state index contributed by atoms with van der Waals surface area (Å²) in [5, 5.41) is 5.44. The summed E-state index contributed by atoms with van der Waals surface area (Å²) in [4.78, 5) is 36.1. The number of amides is 2. The van der Waals surface area contributed by atoms with Crippen LogP contribution in [-0.4, -0.2) is 43.6 Å². The van der Waals surface area contributed by atoms with Crippen molar-refractivity contribution in [3.8, 4) is 5.75 Å². The molecule has 1 aromatic carbocycles. The van der Waals surface area contributed by atoms with E-state index in [9.17, 15) is 14.4 Å². The van der Waals surface area contributed by atoms with Gasteiger partial charge < -0.3 is 20.1 Å². The van der Waals surface area contributed by atoms with Crippen molar-refractivity contribution in [1.82, 2.24) is 10.6 Å². The second-order valence-electron chi connectivity index (χ2n) is 7.21. The Hall–Kier alpha value is -2.57. The van der Waals surface area contributed by atoms with Gasteiger partial charge in [-0.3, -0.25) is 14.4 Å². The number of hydrogen-bond acceptors (Lipinski definition) is 5. The second kappa shape index (κ2) is 10.7. The van der Waals surface area contributed by atoms with E-state index in [0.717, 1.165) is 12.8 Å². The highest BCUT2D eigenvalue weighted by Gasteiger charge is 2.28. The quantitative estimate of drug-likeness (QED) is 0.665. The summed E-state index contributed by atoms with van der Waals surface area (Å²) in [6.07, 6.45) is 3.21. The van der Waals surface area contributed by atoms with Crippen LogP contribution in [0.5, 0.6) is 5.75 Å². The van der Waals surface area contributed by atoms with Crippen molar-refractivity contribution in [2.75, 3.05) is 19.8 Å². The number of para-hydroxylation sites is 1. The van der Waals surface area contributed by atoms with Gasteiger partial charge in [-0.2, -0.15) is 0 Å². The molecule has 7 heteroatoms. The van der Waals surface area contributed by atoms with Crippen LogP contribution in [0.4, 0.5) is 0 Å². The predicted octanol–water partition coefficient (Wildman–Crippen LogP) is 2.30. The Morgan fingerprint density at radius 1 is 1.14 bits per heavy atom. The van der Waals surface area contributed by atoms with E-state index in [4.69, 9.17) is 9.47 Å². The fourth-order valence-corrected chi connectivity index (χ4v) is 3.41. The van der Waals surface area contributed by atoms with E-state index in [1.165, 1.54) is 6.42 Å². The first-order valence-electron chi connectivity index (χ1n) is 9.87. The summed E-state index contributed by atoms with van der Waals surface area (Å²) in [7, 11) is 0. The highest BCUT2D eigenvalue weighted by Crippen LogP contribution is 2.29. The Labute approximate surface area is 166 Å². The van der Waals surface area contributed by atoms with E-state index >= 15 is 0 Å². The number of carbonyl (C=O) groups is 3. The largest absolute Gasteiger partial charge is 0.493 e. The van der Waals surface area contributed by atoms with Crippen LogP contribution in [-0.2, 0) is 14.3 Å². The average molecular weight is 390 g/mol. The van der Waals surface area contributed by atoms with Crippen LogP contribution < -0.4 is 15.4 Å². The molecule has 0 spiro atoms. The summed E-state index contributed by atoms with van der Waals surface area (Å²) in [6.45, 7) is 5.92. The van der Waals surface area contributed by atoms with Gasteiger partial charge in [0, 0.05) is 6.04 Å². The number of hydrogen-bond donors (Lipinski definition) is 2. The number of esters is 1. The molecule has 28 heavy (non-hydrogen) atoms. The van der Waals surface area contributed by atoms with Crippen LogP contribution >= 0.6 is 0 Å². The lowest BCUT2D eigenvalue weighted by Gasteiger charge is -2.34. The molecule has 0 saturated heterocycles. The van der Waals surface area contributed by atoms with E-state index in [0.29, 0.717) is 29.8 Å². The zero-order valence-electron chi connectivity index (χ0n) is 16.8. The van der Waals surface area contributed by atoms with Crippen molar-refractivity contribution in [2.24, 2.45) is 11.8 Å². The zero-order valence-corrected chi connectivity index (χ0v) is 16.8. The molecule has 1 aromatic rings.